The molecule has 0 amide bonds. The molecule has 1 aliphatic rings. The lowest BCUT2D eigenvalue weighted by atomic mass is 9.87. The van der Waals surface area contributed by atoms with Gasteiger partial charge in [-0.3, -0.25) is 0 Å². The van der Waals surface area contributed by atoms with Crippen LogP contribution in [0.3, 0.4) is 0 Å². The first-order valence-corrected chi connectivity index (χ1v) is 9.38. The van der Waals surface area contributed by atoms with E-state index in [0.717, 1.165) is 12.8 Å². The van der Waals surface area contributed by atoms with Gasteiger partial charge in [-0.25, -0.2) is 8.42 Å². The second-order valence-corrected chi connectivity index (χ2v) is 8.76. The van der Waals surface area contributed by atoms with E-state index in [1.807, 2.05) is 0 Å². The fraction of sp³-hybridized carbons (Fsp3) is 0.571. The van der Waals surface area contributed by atoms with Crippen molar-refractivity contribution < 1.29 is 8.42 Å². The summed E-state index contributed by atoms with van der Waals surface area (Å²) in [5.74, 6) is 1.24. The summed E-state index contributed by atoms with van der Waals surface area (Å²) in [6.07, 6.45) is 1.87. The number of halogens is 2. The van der Waals surface area contributed by atoms with Gasteiger partial charge in [0.2, 0.25) is 10.0 Å². The molecule has 1 heterocycles. The number of rotatable bonds is 3. The highest BCUT2D eigenvalue weighted by Crippen LogP contribution is 2.30. The molecular formula is C14H19BrClNO2S. The van der Waals surface area contributed by atoms with E-state index in [9.17, 15) is 8.42 Å². The number of nitrogens with zero attached hydrogens (tertiary/aromatic N) is 1. The molecule has 0 saturated carbocycles. The van der Waals surface area contributed by atoms with E-state index in [1.54, 1.807) is 22.5 Å². The molecule has 112 valence electrons. The summed E-state index contributed by atoms with van der Waals surface area (Å²) in [4.78, 5) is 0.303. The number of hydrogen-bond acceptors (Lipinski definition) is 2. The second kappa shape index (κ2) is 6.34. The highest BCUT2D eigenvalue weighted by Gasteiger charge is 2.30. The predicted molar refractivity (Wildman–Crippen MR) is 85.5 cm³/mol. The zero-order valence-electron chi connectivity index (χ0n) is 11.6. The van der Waals surface area contributed by atoms with Crippen molar-refractivity contribution in [3.8, 4) is 0 Å². The van der Waals surface area contributed by atoms with Crippen LogP contribution in [-0.2, 0) is 10.0 Å². The monoisotopic (exact) mass is 379 g/mol. The Kier molecular flexibility index (Phi) is 5.16. The van der Waals surface area contributed by atoms with Crippen molar-refractivity contribution in [3.05, 3.63) is 27.7 Å². The molecule has 1 fully saturated rings. The van der Waals surface area contributed by atoms with E-state index in [2.05, 4.69) is 29.8 Å². The molecule has 0 bridgehead atoms. The van der Waals surface area contributed by atoms with Crippen molar-refractivity contribution in [1.82, 2.24) is 4.31 Å². The third kappa shape index (κ3) is 3.38. The Bertz CT molecular complexity index is 581. The van der Waals surface area contributed by atoms with Gasteiger partial charge in [0.05, 0.1) is 9.92 Å². The maximum Gasteiger partial charge on any atom is 0.243 e. The van der Waals surface area contributed by atoms with Crippen LogP contribution in [0.25, 0.3) is 0 Å². The van der Waals surface area contributed by atoms with E-state index in [-0.39, 0.29) is 0 Å². The Morgan fingerprint density at radius 1 is 1.30 bits per heavy atom. The Morgan fingerprint density at radius 2 is 1.90 bits per heavy atom. The van der Waals surface area contributed by atoms with E-state index in [1.165, 1.54) is 0 Å². The lowest BCUT2D eigenvalue weighted by molar-refractivity contribution is 0.226. The number of hydrogen-bond donors (Lipinski definition) is 0. The van der Waals surface area contributed by atoms with Gasteiger partial charge in [0.15, 0.2) is 0 Å². The SMILES string of the molecule is CC(C)C1CCN(S(=O)(=O)c2ccc(Cl)c(Br)c2)CC1. The van der Waals surface area contributed by atoms with Crippen LogP contribution in [0.5, 0.6) is 0 Å². The molecule has 20 heavy (non-hydrogen) atoms. The molecule has 1 saturated heterocycles. The lowest BCUT2D eigenvalue weighted by Crippen LogP contribution is -2.39. The van der Waals surface area contributed by atoms with Crippen molar-refractivity contribution in [2.75, 3.05) is 13.1 Å². The van der Waals surface area contributed by atoms with Crippen LogP contribution in [0.4, 0.5) is 0 Å². The topological polar surface area (TPSA) is 37.4 Å². The van der Waals surface area contributed by atoms with Gasteiger partial charge in [-0.05, 0) is 58.8 Å². The Balaban J connectivity index is 2.17. The first-order valence-electron chi connectivity index (χ1n) is 6.77. The standard InChI is InChI=1S/C14H19BrClNO2S/c1-10(2)11-5-7-17(8-6-11)20(18,19)12-3-4-14(16)13(15)9-12/h3-4,9-11H,5-8H2,1-2H3. The molecule has 0 atom stereocenters. The predicted octanol–water partition coefficient (Wildman–Crippen LogP) is 4.16. The third-order valence-corrected chi connectivity index (χ3v) is 7.08. The minimum absolute atomic E-state index is 0.303. The Hall–Kier alpha value is -0.100. The van der Waals surface area contributed by atoms with E-state index >= 15 is 0 Å². The molecule has 0 N–H and O–H groups in total. The summed E-state index contributed by atoms with van der Waals surface area (Å²) in [5, 5.41) is 0.516. The van der Waals surface area contributed by atoms with E-state index in [0.29, 0.717) is 39.3 Å². The second-order valence-electron chi connectivity index (χ2n) is 5.56. The van der Waals surface area contributed by atoms with Gasteiger partial charge in [-0.15, -0.1) is 0 Å². The van der Waals surface area contributed by atoms with Gasteiger partial charge in [0.25, 0.3) is 0 Å². The van der Waals surface area contributed by atoms with Gasteiger partial charge in [0, 0.05) is 17.6 Å². The fourth-order valence-corrected chi connectivity index (χ4v) is 4.71. The number of sulfonamides is 1. The van der Waals surface area contributed by atoms with Crippen LogP contribution in [-0.4, -0.2) is 25.8 Å². The summed E-state index contributed by atoms with van der Waals surface area (Å²) < 4.78 is 27.4. The first kappa shape index (κ1) is 16.3. The van der Waals surface area contributed by atoms with Gasteiger partial charge in [-0.2, -0.15) is 4.31 Å². The highest BCUT2D eigenvalue weighted by molar-refractivity contribution is 9.10. The summed E-state index contributed by atoms with van der Waals surface area (Å²) in [5.41, 5.74) is 0. The zero-order chi connectivity index (χ0) is 14.9. The average molecular weight is 381 g/mol. The highest BCUT2D eigenvalue weighted by atomic mass is 79.9. The summed E-state index contributed by atoms with van der Waals surface area (Å²) in [7, 11) is -3.41. The van der Waals surface area contributed by atoms with E-state index < -0.39 is 10.0 Å². The van der Waals surface area contributed by atoms with Crippen LogP contribution in [0.2, 0.25) is 5.02 Å². The van der Waals surface area contributed by atoms with Crippen LogP contribution in [0.15, 0.2) is 27.6 Å². The lowest BCUT2D eigenvalue weighted by Gasteiger charge is -2.33. The van der Waals surface area contributed by atoms with Crippen LogP contribution in [0, 0.1) is 11.8 Å². The van der Waals surface area contributed by atoms with Crippen molar-refractivity contribution in [1.29, 1.82) is 0 Å². The first-order chi connectivity index (χ1) is 9.32. The van der Waals surface area contributed by atoms with E-state index in [4.69, 9.17) is 11.6 Å². The number of piperidine rings is 1. The van der Waals surface area contributed by atoms with Crippen molar-refractivity contribution in [2.24, 2.45) is 11.8 Å². The smallest absolute Gasteiger partial charge is 0.207 e. The summed E-state index contributed by atoms with van der Waals surface area (Å²) in [6.45, 7) is 5.60. The molecule has 1 aromatic rings. The van der Waals surface area contributed by atoms with Gasteiger partial charge in [-0.1, -0.05) is 25.4 Å². The molecule has 3 nitrogen and oxygen atoms in total. The average Bonchev–Trinajstić information content (AvgIpc) is 2.41. The normalized spacial score (nSPS) is 18.6. The molecule has 1 aliphatic heterocycles. The molecule has 1 aromatic carbocycles. The Morgan fingerprint density at radius 3 is 2.40 bits per heavy atom. The van der Waals surface area contributed by atoms with Crippen LogP contribution >= 0.6 is 27.5 Å². The van der Waals surface area contributed by atoms with Crippen molar-refractivity contribution >= 4 is 37.6 Å². The third-order valence-electron chi connectivity index (χ3n) is 3.97. The molecular weight excluding hydrogens is 362 g/mol. The quantitative estimate of drug-likeness (QED) is 0.789. The molecule has 0 unspecified atom stereocenters. The fourth-order valence-electron chi connectivity index (χ4n) is 2.57. The molecule has 6 heteroatoms. The van der Waals surface area contributed by atoms with Crippen LogP contribution < -0.4 is 0 Å². The minimum Gasteiger partial charge on any atom is -0.207 e. The number of benzene rings is 1. The van der Waals surface area contributed by atoms with Gasteiger partial charge in [0.1, 0.15) is 0 Å². The largest absolute Gasteiger partial charge is 0.243 e. The Labute approximate surface area is 134 Å². The molecule has 0 spiro atoms. The molecule has 0 aliphatic carbocycles. The van der Waals surface area contributed by atoms with Crippen LogP contribution in [0.1, 0.15) is 26.7 Å². The van der Waals surface area contributed by atoms with Crippen molar-refractivity contribution in [3.63, 3.8) is 0 Å². The molecule has 0 radical (unpaired) electrons. The minimum atomic E-state index is -3.41. The van der Waals surface area contributed by atoms with Gasteiger partial charge >= 0.3 is 0 Å². The maximum atomic E-state index is 12.6. The van der Waals surface area contributed by atoms with Gasteiger partial charge < -0.3 is 0 Å². The molecule has 2 rings (SSSR count). The van der Waals surface area contributed by atoms with Crippen molar-refractivity contribution in [2.45, 2.75) is 31.6 Å². The molecule has 0 aromatic heterocycles. The summed E-state index contributed by atoms with van der Waals surface area (Å²) >= 11 is 9.19. The summed E-state index contributed by atoms with van der Waals surface area (Å²) in [6, 6.07) is 4.75. The maximum absolute atomic E-state index is 12.6. The zero-order valence-corrected chi connectivity index (χ0v) is 14.8.